The third-order valence-electron chi connectivity index (χ3n) is 6.76. The van der Waals surface area contributed by atoms with E-state index < -0.39 is 0 Å². The van der Waals surface area contributed by atoms with Crippen molar-refractivity contribution in [3.8, 4) is 0 Å². The highest BCUT2D eigenvalue weighted by Crippen LogP contribution is 2.68. The van der Waals surface area contributed by atoms with Gasteiger partial charge in [-0.3, -0.25) is 9.59 Å². The summed E-state index contributed by atoms with van der Waals surface area (Å²) in [4.78, 5) is 29.0. The summed E-state index contributed by atoms with van der Waals surface area (Å²) < 4.78 is 0. The zero-order valence-electron chi connectivity index (χ0n) is 16.3. The second-order valence-corrected chi connectivity index (χ2v) is 9.93. The summed E-state index contributed by atoms with van der Waals surface area (Å²) in [5.41, 5.74) is 1.70. The zero-order chi connectivity index (χ0) is 18.6. The molecule has 1 saturated heterocycles. The Morgan fingerprint density at radius 1 is 1.04 bits per heavy atom. The average Bonchev–Trinajstić information content (AvgIpc) is 2.79. The van der Waals surface area contributed by atoms with Gasteiger partial charge in [-0.25, -0.2) is 0 Å². The van der Waals surface area contributed by atoms with Gasteiger partial charge in [0.15, 0.2) is 0 Å². The molecule has 4 nitrogen and oxygen atoms in total. The van der Waals surface area contributed by atoms with Crippen molar-refractivity contribution in [1.29, 1.82) is 0 Å². The van der Waals surface area contributed by atoms with Crippen molar-refractivity contribution in [2.45, 2.75) is 60.8 Å². The van der Waals surface area contributed by atoms with Gasteiger partial charge in [0.2, 0.25) is 5.91 Å². The summed E-state index contributed by atoms with van der Waals surface area (Å²) in [6.07, 6.45) is 3.33. The molecule has 138 valence electrons. The van der Waals surface area contributed by atoms with Crippen LogP contribution in [0.1, 0.15) is 67.8 Å². The van der Waals surface area contributed by atoms with Crippen LogP contribution in [0.3, 0.4) is 0 Å². The van der Waals surface area contributed by atoms with Crippen molar-refractivity contribution in [2.24, 2.45) is 16.7 Å². The van der Waals surface area contributed by atoms with Gasteiger partial charge in [-0.15, -0.1) is 11.3 Å². The Morgan fingerprint density at radius 2 is 1.60 bits per heavy atom. The van der Waals surface area contributed by atoms with Crippen LogP contribution in [0.4, 0.5) is 5.00 Å². The van der Waals surface area contributed by atoms with Gasteiger partial charge in [0.05, 0.1) is 5.56 Å². The Kier molecular flexibility index (Phi) is 4.51. The normalized spacial score (nSPS) is 21.9. The number of hydrogen-bond donors (Lipinski definition) is 1. The van der Waals surface area contributed by atoms with E-state index in [9.17, 15) is 9.59 Å². The zero-order valence-corrected chi connectivity index (χ0v) is 17.1. The number of piperidine rings is 1. The number of anilines is 1. The number of amides is 2. The molecule has 2 aliphatic rings. The van der Waals surface area contributed by atoms with Crippen LogP contribution in [-0.2, 0) is 4.79 Å². The maximum atomic E-state index is 13.1. The fraction of sp³-hybridized carbons (Fsp3) is 0.700. The van der Waals surface area contributed by atoms with Crippen LogP contribution in [-0.4, -0.2) is 29.8 Å². The number of hydrogen-bond acceptors (Lipinski definition) is 3. The molecule has 0 atom stereocenters. The molecule has 0 spiro atoms. The van der Waals surface area contributed by atoms with Gasteiger partial charge in [-0.2, -0.15) is 0 Å². The maximum Gasteiger partial charge on any atom is 0.257 e. The van der Waals surface area contributed by atoms with Gasteiger partial charge in [-0.1, -0.05) is 27.7 Å². The van der Waals surface area contributed by atoms with Gasteiger partial charge in [0, 0.05) is 23.9 Å². The smallest absolute Gasteiger partial charge is 0.257 e. The van der Waals surface area contributed by atoms with E-state index in [1.807, 2.05) is 18.7 Å². The highest BCUT2D eigenvalue weighted by molar-refractivity contribution is 7.16. The first-order valence-corrected chi connectivity index (χ1v) is 10.1. The highest BCUT2D eigenvalue weighted by atomic mass is 32.1. The van der Waals surface area contributed by atoms with E-state index in [1.54, 1.807) is 0 Å². The Bertz CT molecular complexity index is 698. The Morgan fingerprint density at radius 3 is 2.12 bits per heavy atom. The van der Waals surface area contributed by atoms with Crippen molar-refractivity contribution >= 4 is 28.2 Å². The molecular formula is C20H30N2O2S. The van der Waals surface area contributed by atoms with E-state index in [4.69, 9.17) is 0 Å². The molecule has 1 aromatic heterocycles. The lowest BCUT2D eigenvalue weighted by Crippen LogP contribution is -2.36. The van der Waals surface area contributed by atoms with Crippen molar-refractivity contribution in [1.82, 2.24) is 4.90 Å². The molecule has 1 aliphatic carbocycles. The molecule has 2 fully saturated rings. The molecule has 0 unspecified atom stereocenters. The molecule has 25 heavy (non-hydrogen) atoms. The molecule has 1 saturated carbocycles. The van der Waals surface area contributed by atoms with Gasteiger partial charge in [0.1, 0.15) is 5.00 Å². The van der Waals surface area contributed by atoms with Crippen molar-refractivity contribution in [2.75, 3.05) is 18.4 Å². The maximum absolute atomic E-state index is 13.1. The van der Waals surface area contributed by atoms with Crippen LogP contribution in [0, 0.1) is 30.6 Å². The predicted octanol–water partition coefficient (Wildman–Crippen LogP) is 4.61. The monoisotopic (exact) mass is 362 g/mol. The molecule has 5 heteroatoms. The Balaban J connectivity index is 1.84. The van der Waals surface area contributed by atoms with E-state index in [1.165, 1.54) is 17.8 Å². The summed E-state index contributed by atoms with van der Waals surface area (Å²) in [6.45, 7) is 14.2. The average molecular weight is 363 g/mol. The second-order valence-electron chi connectivity index (χ2n) is 8.71. The summed E-state index contributed by atoms with van der Waals surface area (Å²) in [5.74, 6) is 0.107. The van der Waals surface area contributed by atoms with E-state index >= 15 is 0 Å². The van der Waals surface area contributed by atoms with Crippen molar-refractivity contribution < 1.29 is 9.59 Å². The molecule has 3 rings (SSSR count). The first kappa shape index (κ1) is 18.4. The van der Waals surface area contributed by atoms with Crippen LogP contribution in [0.2, 0.25) is 0 Å². The highest BCUT2D eigenvalue weighted by Gasteiger charge is 2.68. The molecule has 0 radical (unpaired) electrons. The minimum absolute atomic E-state index is 0.00449. The first-order chi connectivity index (χ1) is 11.6. The van der Waals surface area contributed by atoms with Crippen LogP contribution < -0.4 is 5.32 Å². The molecule has 1 N–H and O–H groups in total. The van der Waals surface area contributed by atoms with Crippen LogP contribution in [0.5, 0.6) is 0 Å². The minimum Gasteiger partial charge on any atom is -0.339 e. The second kappa shape index (κ2) is 6.11. The third kappa shape index (κ3) is 2.90. The van der Waals surface area contributed by atoms with Gasteiger partial charge in [-0.05, 0) is 49.5 Å². The summed E-state index contributed by atoms with van der Waals surface area (Å²) in [7, 11) is 0. The lowest BCUT2D eigenvalue weighted by atomic mass is 10.0. The summed E-state index contributed by atoms with van der Waals surface area (Å²) in [5, 5.41) is 3.83. The quantitative estimate of drug-likeness (QED) is 0.853. The molecule has 2 amide bonds. The van der Waals surface area contributed by atoms with Crippen LogP contribution in [0.15, 0.2) is 0 Å². The number of thiophene rings is 1. The van der Waals surface area contributed by atoms with E-state index in [-0.39, 0.29) is 28.6 Å². The third-order valence-corrected chi connectivity index (χ3v) is 7.88. The Hall–Kier alpha value is -1.36. The lowest BCUT2D eigenvalue weighted by Gasteiger charge is -2.27. The predicted molar refractivity (Wildman–Crippen MR) is 103 cm³/mol. The molecule has 2 heterocycles. The number of rotatable bonds is 3. The van der Waals surface area contributed by atoms with Gasteiger partial charge < -0.3 is 10.2 Å². The number of likely N-dealkylation sites (tertiary alicyclic amines) is 1. The van der Waals surface area contributed by atoms with Gasteiger partial charge >= 0.3 is 0 Å². The molecule has 0 bridgehead atoms. The number of nitrogens with zero attached hydrogens (tertiary/aromatic N) is 1. The van der Waals surface area contributed by atoms with Crippen molar-refractivity contribution in [3.63, 3.8) is 0 Å². The molecule has 0 aromatic carbocycles. The SMILES string of the molecule is Cc1sc(NC(=O)C2C(C)(C)C2(C)C)c(C(=O)N2CCCCC2)c1C. The lowest BCUT2D eigenvalue weighted by molar-refractivity contribution is -0.118. The van der Waals surface area contributed by atoms with Crippen LogP contribution >= 0.6 is 11.3 Å². The number of nitrogens with one attached hydrogen (secondary N) is 1. The largest absolute Gasteiger partial charge is 0.339 e. The van der Waals surface area contributed by atoms with Gasteiger partial charge in [0.25, 0.3) is 5.91 Å². The fourth-order valence-corrected chi connectivity index (χ4v) is 5.32. The molecule has 1 aromatic rings. The standard InChI is InChI=1S/C20H30N2O2S/c1-12-13(2)25-17(14(12)18(24)22-10-8-7-9-11-22)21-16(23)15-19(3,4)20(15,5)6/h15H,7-11H2,1-6H3,(H,21,23). The van der Waals surface area contributed by atoms with Crippen LogP contribution in [0.25, 0.3) is 0 Å². The summed E-state index contributed by atoms with van der Waals surface area (Å²) >= 11 is 1.53. The number of aryl methyl sites for hydroxylation is 1. The van der Waals surface area contributed by atoms with E-state index in [2.05, 4.69) is 33.0 Å². The first-order valence-electron chi connectivity index (χ1n) is 9.29. The molecular weight excluding hydrogens is 332 g/mol. The molecule has 1 aliphatic heterocycles. The van der Waals surface area contributed by atoms with Crippen molar-refractivity contribution in [3.05, 3.63) is 16.0 Å². The summed E-state index contributed by atoms with van der Waals surface area (Å²) in [6, 6.07) is 0. The van der Waals surface area contributed by atoms with E-state index in [0.717, 1.165) is 41.4 Å². The Labute approximate surface area is 155 Å². The number of carbonyl (C=O) groups excluding carboxylic acids is 2. The minimum atomic E-state index is -0.0133. The topological polar surface area (TPSA) is 49.4 Å². The number of carbonyl (C=O) groups is 2. The fourth-order valence-electron chi connectivity index (χ4n) is 4.26. The van der Waals surface area contributed by atoms with E-state index in [0.29, 0.717) is 5.56 Å².